The molecule has 7 nitrogen and oxygen atoms in total. The summed E-state index contributed by atoms with van der Waals surface area (Å²) in [5.74, 6) is 1.57. The number of furan rings is 1. The number of halogens is 2. The molecule has 0 saturated heterocycles. The van der Waals surface area contributed by atoms with E-state index in [9.17, 15) is 4.79 Å². The summed E-state index contributed by atoms with van der Waals surface area (Å²) in [6.45, 7) is 4.64. The summed E-state index contributed by atoms with van der Waals surface area (Å²) >= 11 is 10.4. The molecule has 0 fully saturated rings. The number of para-hydroxylation sites is 2. The summed E-state index contributed by atoms with van der Waals surface area (Å²) in [4.78, 5) is 18.4. The van der Waals surface area contributed by atoms with Crippen molar-refractivity contribution in [1.82, 2.24) is 9.66 Å². The fourth-order valence-electron chi connectivity index (χ4n) is 4.54. The van der Waals surface area contributed by atoms with Crippen LogP contribution in [0.25, 0.3) is 33.5 Å². The Morgan fingerprint density at radius 1 is 1.02 bits per heavy atom. The molecule has 2 aromatic heterocycles. The maximum Gasteiger partial charge on any atom is 0.282 e. The van der Waals surface area contributed by atoms with Gasteiger partial charge < -0.3 is 13.9 Å². The Bertz CT molecular complexity index is 1980. The zero-order valence-corrected chi connectivity index (χ0v) is 25.1. The van der Waals surface area contributed by atoms with Crippen LogP contribution in [0, 0.1) is 6.92 Å². The van der Waals surface area contributed by atoms with Crippen molar-refractivity contribution >= 4 is 55.6 Å². The molecule has 0 atom stereocenters. The van der Waals surface area contributed by atoms with E-state index in [1.165, 1.54) is 16.5 Å². The largest absolute Gasteiger partial charge is 0.490 e. The second-order valence-corrected chi connectivity index (χ2v) is 10.8. The molecular weight excluding hydrogens is 618 g/mol. The second-order valence-electron chi connectivity index (χ2n) is 9.59. The van der Waals surface area contributed by atoms with E-state index in [0.29, 0.717) is 62.0 Å². The molecule has 0 aliphatic rings. The van der Waals surface area contributed by atoms with Crippen molar-refractivity contribution in [2.75, 3.05) is 6.61 Å². The van der Waals surface area contributed by atoms with Crippen molar-refractivity contribution in [1.29, 1.82) is 0 Å². The molecule has 0 bridgehead atoms. The topological polar surface area (TPSA) is 78.9 Å². The van der Waals surface area contributed by atoms with Gasteiger partial charge in [-0.2, -0.15) is 9.78 Å². The second kappa shape index (κ2) is 11.8. The molecule has 0 aliphatic heterocycles. The van der Waals surface area contributed by atoms with Gasteiger partial charge in [0.25, 0.3) is 5.56 Å². The zero-order valence-electron chi connectivity index (χ0n) is 22.8. The molecule has 0 amide bonds. The first kappa shape index (κ1) is 27.8. The van der Waals surface area contributed by atoms with Crippen LogP contribution in [0.2, 0.25) is 5.02 Å². The quantitative estimate of drug-likeness (QED) is 0.156. The van der Waals surface area contributed by atoms with Crippen molar-refractivity contribution < 1.29 is 13.9 Å². The Hall–Kier alpha value is -4.40. The number of nitrogens with zero attached hydrogens (tertiary/aromatic N) is 3. The third-order valence-corrected chi connectivity index (χ3v) is 8.11. The Morgan fingerprint density at radius 2 is 1.79 bits per heavy atom. The third-order valence-electron chi connectivity index (χ3n) is 6.67. The van der Waals surface area contributed by atoms with E-state index in [1.807, 2.05) is 74.5 Å². The minimum atomic E-state index is -0.336. The molecule has 6 aromatic rings. The third kappa shape index (κ3) is 5.43. The van der Waals surface area contributed by atoms with Gasteiger partial charge >= 0.3 is 0 Å². The van der Waals surface area contributed by atoms with Crippen LogP contribution in [-0.4, -0.2) is 22.5 Å². The Balaban J connectivity index is 1.43. The molecule has 0 unspecified atom stereocenters. The minimum absolute atomic E-state index is 0.274. The molecule has 0 radical (unpaired) electrons. The van der Waals surface area contributed by atoms with Gasteiger partial charge in [-0.25, -0.2) is 4.98 Å². The molecule has 4 aromatic carbocycles. The van der Waals surface area contributed by atoms with E-state index in [2.05, 4.69) is 21.0 Å². The van der Waals surface area contributed by atoms with Crippen LogP contribution in [0.4, 0.5) is 0 Å². The fourth-order valence-corrected chi connectivity index (χ4v) is 5.19. The smallest absolute Gasteiger partial charge is 0.282 e. The van der Waals surface area contributed by atoms with E-state index in [1.54, 1.807) is 24.3 Å². The van der Waals surface area contributed by atoms with Crippen molar-refractivity contribution in [2.24, 2.45) is 5.10 Å². The highest BCUT2D eigenvalue weighted by atomic mass is 79.9. The number of aryl methyl sites for hydroxylation is 1. The van der Waals surface area contributed by atoms with Crippen LogP contribution in [0.5, 0.6) is 11.5 Å². The first-order valence-electron chi connectivity index (χ1n) is 13.3. The number of rotatable bonds is 8. The summed E-state index contributed by atoms with van der Waals surface area (Å²) in [5, 5.41) is 6.23. The highest BCUT2D eigenvalue weighted by molar-refractivity contribution is 9.10. The van der Waals surface area contributed by atoms with Crippen molar-refractivity contribution in [3.05, 3.63) is 121 Å². The fraction of sp³-hybridized carbons (Fsp3) is 0.121. The summed E-state index contributed by atoms with van der Waals surface area (Å²) in [6.07, 6.45) is 1.53. The van der Waals surface area contributed by atoms with Crippen LogP contribution in [0.15, 0.2) is 104 Å². The predicted octanol–water partition coefficient (Wildman–Crippen LogP) is 8.39. The lowest BCUT2D eigenvalue weighted by atomic mass is 10.1. The van der Waals surface area contributed by atoms with Gasteiger partial charge in [0.1, 0.15) is 17.2 Å². The van der Waals surface area contributed by atoms with Crippen molar-refractivity contribution in [3.8, 4) is 23.1 Å². The van der Waals surface area contributed by atoms with E-state index in [-0.39, 0.29) is 11.4 Å². The van der Waals surface area contributed by atoms with Gasteiger partial charge in [0.2, 0.25) is 5.82 Å². The minimum Gasteiger partial charge on any atom is -0.490 e. The summed E-state index contributed by atoms with van der Waals surface area (Å²) < 4.78 is 19.9. The molecule has 9 heteroatoms. The number of hydrogen-bond acceptors (Lipinski definition) is 6. The van der Waals surface area contributed by atoms with Crippen LogP contribution in [-0.2, 0) is 6.61 Å². The van der Waals surface area contributed by atoms with Gasteiger partial charge in [-0.3, -0.25) is 4.79 Å². The van der Waals surface area contributed by atoms with Crippen LogP contribution >= 0.6 is 27.5 Å². The normalized spacial score (nSPS) is 11.5. The van der Waals surface area contributed by atoms with Crippen LogP contribution in [0.1, 0.15) is 23.6 Å². The monoisotopic (exact) mass is 641 g/mol. The van der Waals surface area contributed by atoms with Crippen molar-refractivity contribution in [3.63, 3.8) is 0 Å². The summed E-state index contributed by atoms with van der Waals surface area (Å²) in [7, 11) is 0. The molecule has 0 N–H and O–H groups in total. The maximum absolute atomic E-state index is 13.7. The Morgan fingerprint density at radius 3 is 2.57 bits per heavy atom. The molecular formula is C33H25BrClN3O4. The highest BCUT2D eigenvalue weighted by Gasteiger charge is 2.19. The zero-order chi connectivity index (χ0) is 29.2. The lowest BCUT2D eigenvalue weighted by molar-refractivity contribution is 0.269. The lowest BCUT2D eigenvalue weighted by Crippen LogP contribution is -2.20. The molecule has 6 rings (SSSR count). The molecule has 0 saturated carbocycles. The molecule has 0 aliphatic carbocycles. The van der Waals surface area contributed by atoms with E-state index in [0.717, 1.165) is 10.9 Å². The van der Waals surface area contributed by atoms with E-state index >= 15 is 0 Å². The molecule has 210 valence electrons. The predicted molar refractivity (Wildman–Crippen MR) is 170 cm³/mol. The highest BCUT2D eigenvalue weighted by Crippen LogP contribution is 2.42. The molecule has 42 heavy (non-hydrogen) atoms. The number of fused-ring (bicyclic) bond motifs is 2. The van der Waals surface area contributed by atoms with Gasteiger partial charge in [-0.05, 0) is 65.7 Å². The first-order valence-corrected chi connectivity index (χ1v) is 14.5. The lowest BCUT2D eigenvalue weighted by Gasteiger charge is -2.16. The van der Waals surface area contributed by atoms with Gasteiger partial charge in [0.15, 0.2) is 17.3 Å². The molecule has 2 heterocycles. The Labute approximate surface area is 255 Å². The van der Waals surface area contributed by atoms with E-state index in [4.69, 9.17) is 30.5 Å². The number of aromatic nitrogens is 2. The number of ether oxygens (including phenoxy) is 2. The number of hydrogen-bond donors (Lipinski definition) is 0. The molecule has 0 spiro atoms. The van der Waals surface area contributed by atoms with Gasteiger partial charge in [0, 0.05) is 15.4 Å². The van der Waals surface area contributed by atoms with Crippen LogP contribution < -0.4 is 15.0 Å². The number of benzene rings is 4. The van der Waals surface area contributed by atoms with Gasteiger partial charge in [0.05, 0.1) is 23.7 Å². The summed E-state index contributed by atoms with van der Waals surface area (Å²) in [6, 6.07) is 26.4. The van der Waals surface area contributed by atoms with Crippen molar-refractivity contribution in [2.45, 2.75) is 20.5 Å². The average Bonchev–Trinajstić information content (AvgIpc) is 3.44. The van der Waals surface area contributed by atoms with Gasteiger partial charge in [-0.1, -0.05) is 71.8 Å². The SMILES string of the molecule is CCOc1cc(C=Nn2c(-c3cc4ccccc4o3)nc3ccccc3c2=O)c(Br)c(Cl)c1OCc1ccc(C)cc1. The Kier molecular flexibility index (Phi) is 7.82. The maximum atomic E-state index is 13.7. The van der Waals surface area contributed by atoms with Gasteiger partial charge in [-0.15, -0.1) is 0 Å². The van der Waals surface area contributed by atoms with Crippen LogP contribution in [0.3, 0.4) is 0 Å². The first-order chi connectivity index (χ1) is 20.4. The average molecular weight is 643 g/mol. The van der Waals surface area contributed by atoms with E-state index < -0.39 is 0 Å². The standard InChI is InChI=1S/C33H25BrClN3O4/c1-3-40-27-17-23(29(34)30(35)31(27)41-19-21-14-12-20(2)13-15-21)18-36-38-32(28-16-22-8-4-7-11-26(22)42-28)37-25-10-6-5-9-24(25)33(38)39/h4-18H,3,19H2,1-2H3. The summed E-state index contributed by atoms with van der Waals surface area (Å²) in [5.41, 5.74) is 3.65.